The molecule has 1 aliphatic carbocycles. The Labute approximate surface area is 170 Å². The topological polar surface area (TPSA) is 64.1 Å². The van der Waals surface area contributed by atoms with Gasteiger partial charge in [0.15, 0.2) is 0 Å². The summed E-state index contributed by atoms with van der Waals surface area (Å²) in [6.45, 7) is 2.29. The SMILES string of the molecule is CCCCCCCC1CCC(c2ccc(Nc3ccc(N)cc3N)cc2)CC1. The van der Waals surface area contributed by atoms with E-state index in [9.17, 15) is 0 Å². The number of hydrogen-bond acceptors (Lipinski definition) is 3. The van der Waals surface area contributed by atoms with Gasteiger partial charge in [-0.05, 0) is 73.4 Å². The molecule has 3 heteroatoms. The molecular formula is C25H37N3. The van der Waals surface area contributed by atoms with Crippen molar-refractivity contribution < 1.29 is 0 Å². The van der Waals surface area contributed by atoms with E-state index in [1.54, 1.807) is 6.07 Å². The van der Waals surface area contributed by atoms with Gasteiger partial charge in [-0.2, -0.15) is 0 Å². The van der Waals surface area contributed by atoms with Crippen molar-refractivity contribution in [2.24, 2.45) is 5.92 Å². The zero-order chi connectivity index (χ0) is 19.8. The molecular weight excluding hydrogens is 342 g/mol. The van der Waals surface area contributed by atoms with E-state index < -0.39 is 0 Å². The average Bonchev–Trinajstić information content (AvgIpc) is 2.71. The predicted octanol–water partition coefficient (Wildman–Crippen LogP) is 7.23. The molecule has 5 N–H and O–H groups in total. The van der Waals surface area contributed by atoms with Gasteiger partial charge in [-0.3, -0.25) is 0 Å². The Morgan fingerprint density at radius 3 is 2.25 bits per heavy atom. The molecule has 3 nitrogen and oxygen atoms in total. The van der Waals surface area contributed by atoms with Crippen LogP contribution in [0.2, 0.25) is 0 Å². The van der Waals surface area contributed by atoms with E-state index in [-0.39, 0.29) is 0 Å². The van der Waals surface area contributed by atoms with Crippen molar-refractivity contribution in [3.63, 3.8) is 0 Å². The summed E-state index contributed by atoms with van der Waals surface area (Å²) in [5, 5.41) is 3.39. The minimum Gasteiger partial charge on any atom is -0.399 e. The predicted molar refractivity (Wildman–Crippen MR) is 123 cm³/mol. The molecule has 2 aromatic rings. The van der Waals surface area contributed by atoms with Crippen LogP contribution in [-0.4, -0.2) is 0 Å². The third-order valence-corrected chi connectivity index (χ3v) is 6.30. The van der Waals surface area contributed by atoms with Gasteiger partial charge < -0.3 is 16.8 Å². The molecule has 0 amide bonds. The fourth-order valence-corrected chi connectivity index (χ4v) is 4.51. The largest absolute Gasteiger partial charge is 0.399 e. The second-order valence-electron chi connectivity index (χ2n) is 8.51. The Kier molecular flexibility index (Phi) is 7.64. The maximum atomic E-state index is 6.05. The molecule has 0 bridgehead atoms. The second kappa shape index (κ2) is 10.4. The molecule has 0 saturated heterocycles. The van der Waals surface area contributed by atoms with Crippen molar-refractivity contribution in [3.05, 3.63) is 48.0 Å². The highest BCUT2D eigenvalue weighted by atomic mass is 14.9. The molecule has 0 aliphatic heterocycles. The molecule has 28 heavy (non-hydrogen) atoms. The van der Waals surface area contributed by atoms with Crippen LogP contribution >= 0.6 is 0 Å². The number of anilines is 4. The summed E-state index contributed by atoms with van der Waals surface area (Å²) in [5.41, 5.74) is 16.6. The number of unbranched alkanes of at least 4 members (excludes halogenated alkanes) is 4. The summed E-state index contributed by atoms with van der Waals surface area (Å²) in [6, 6.07) is 14.5. The molecule has 0 unspecified atom stereocenters. The molecule has 152 valence electrons. The third-order valence-electron chi connectivity index (χ3n) is 6.30. The van der Waals surface area contributed by atoms with Gasteiger partial charge >= 0.3 is 0 Å². The highest BCUT2D eigenvalue weighted by Gasteiger charge is 2.22. The standard InChI is InChI=1S/C25H37N3/c1-2-3-4-5-6-7-19-8-10-20(11-9-19)21-12-15-23(16-13-21)28-25-17-14-22(26)18-24(25)27/h12-20,28H,2-11,26-27H2,1H3. The van der Waals surface area contributed by atoms with E-state index in [1.807, 2.05) is 12.1 Å². The Hall–Kier alpha value is -2.16. The average molecular weight is 380 g/mol. The van der Waals surface area contributed by atoms with Crippen LogP contribution in [0.15, 0.2) is 42.5 Å². The van der Waals surface area contributed by atoms with Crippen molar-refractivity contribution in [2.45, 2.75) is 77.0 Å². The van der Waals surface area contributed by atoms with Gasteiger partial charge in [0.2, 0.25) is 0 Å². The fourth-order valence-electron chi connectivity index (χ4n) is 4.51. The molecule has 1 saturated carbocycles. The van der Waals surface area contributed by atoms with Crippen LogP contribution < -0.4 is 16.8 Å². The van der Waals surface area contributed by atoms with Crippen LogP contribution in [0.1, 0.15) is 82.6 Å². The number of hydrogen-bond donors (Lipinski definition) is 3. The zero-order valence-corrected chi connectivity index (χ0v) is 17.4. The lowest BCUT2D eigenvalue weighted by atomic mass is 9.77. The summed E-state index contributed by atoms with van der Waals surface area (Å²) in [4.78, 5) is 0. The van der Waals surface area contributed by atoms with Crippen molar-refractivity contribution in [3.8, 4) is 0 Å². The monoisotopic (exact) mass is 379 g/mol. The second-order valence-corrected chi connectivity index (χ2v) is 8.51. The molecule has 0 atom stereocenters. The van der Waals surface area contributed by atoms with Gasteiger partial charge in [0.25, 0.3) is 0 Å². The minimum absolute atomic E-state index is 0.678. The van der Waals surface area contributed by atoms with Gasteiger partial charge in [-0.1, -0.05) is 57.6 Å². The lowest BCUT2D eigenvalue weighted by Gasteiger charge is -2.29. The Balaban J connectivity index is 1.45. The van der Waals surface area contributed by atoms with Crippen LogP contribution in [0.25, 0.3) is 0 Å². The summed E-state index contributed by atoms with van der Waals surface area (Å²) < 4.78 is 0. The first kappa shape index (κ1) is 20.6. The number of benzene rings is 2. The van der Waals surface area contributed by atoms with Crippen molar-refractivity contribution in [1.29, 1.82) is 0 Å². The highest BCUT2D eigenvalue weighted by molar-refractivity contribution is 5.75. The van der Waals surface area contributed by atoms with Gasteiger partial charge in [0.05, 0.1) is 11.4 Å². The Morgan fingerprint density at radius 1 is 0.857 bits per heavy atom. The maximum Gasteiger partial charge on any atom is 0.0619 e. The van der Waals surface area contributed by atoms with E-state index in [2.05, 4.69) is 36.5 Å². The molecule has 2 aromatic carbocycles. The first-order valence-corrected chi connectivity index (χ1v) is 11.2. The molecule has 3 rings (SSSR count). The Bertz CT molecular complexity index is 715. The van der Waals surface area contributed by atoms with E-state index in [1.165, 1.54) is 69.8 Å². The van der Waals surface area contributed by atoms with E-state index >= 15 is 0 Å². The van der Waals surface area contributed by atoms with Crippen LogP contribution in [0.3, 0.4) is 0 Å². The minimum atomic E-state index is 0.678. The zero-order valence-electron chi connectivity index (χ0n) is 17.4. The van der Waals surface area contributed by atoms with E-state index in [0.29, 0.717) is 11.4 Å². The summed E-state index contributed by atoms with van der Waals surface area (Å²) in [5.74, 6) is 1.69. The molecule has 0 spiro atoms. The van der Waals surface area contributed by atoms with Crippen LogP contribution in [0, 0.1) is 5.92 Å². The number of rotatable bonds is 9. The maximum absolute atomic E-state index is 6.05. The summed E-state index contributed by atoms with van der Waals surface area (Å²) in [6.07, 6.45) is 14.0. The molecule has 1 fully saturated rings. The van der Waals surface area contributed by atoms with E-state index in [0.717, 1.165) is 23.2 Å². The lowest BCUT2D eigenvalue weighted by Crippen LogP contribution is -2.13. The van der Waals surface area contributed by atoms with E-state index in [4.69, 9.17) is 11.5 Å². The Morgan fingerprint density at radius 2 is 1.57 bits per heavy atom. The molecule has 0 heterocycles. The molecule has 1 aliphatic rings. The first-order valence-electron chi connectivity index (χ1n) is 11.2. The van der Waals surface area contributed by atoms with Crippen LogP contribution in [0.5, 0.6) is 0 Å². The highest BCUT2D eigenvalue weighted by Crippen LogP contribution is 2.38. The van der Waals surface area contributed by atoms with Gasteiger partial charge in [-0.25, -0.2) is 0 Å². The summed E-state index contributed by atoms with van der Waals surface area (Å²) >= 11 is 0. The molecule has 0 aromatic heterocycles. The number of nitrogen functional groups attached to an aromatic ring is 2. The number of nitrogens with two attached hydrogens (primary N) is 2. The normalized spacial score (nSPS) is 19.5. The molecule has 0 radical (unpaired) electrons. The third kappa shape index (κ3) is 5.92. The number of nitrogens with one attached hydrogen (secondary N) is 1. The summed E-state index contributed by atoms with van der Waals surface area (Å²) in [7, 11) is 0. The van der Waals surface area contributed by atoms with Crippen molar-refractivity contribution in [2.75, 3.05) is 16.8 Å². The van der Waals surface area contributed by atoms with Crippen molar-refractivity contribution >= 4 is 22.7 Å². The fraction of sp³-hybridized carbons (Fsp3) is 0.520. The van der Waals surface area contributed by atoms with Crippen LogP contribution in [0.4, 0.5) is 22.7 Å². The first-order chi connectivity index (χ1) is 13.7. The van der Waals surface area contributed by atoms with Crippen molar-refractivity contribution in [1.82, 2.24) is 0 Å². The van der Waals surface area contributed by atoms with Gasteiger partial charge in [-0.15, -0.1) is 0 Å². The lowest BCUT2D eigenvalue weighted by molar-refractivity contribution is 0.302. The smallest absolute Gasteiger partial charge is 0.0619 e. The van der Waals surface area contributed by atoms with Crippen LogP contribution in [-0.2, 0) is 0 Å². The van der Waals surface area contributed by atoms with Gasteiger partial charge in [0, 0.05) is 11.4 Å². The van der Waals surface area contributed by atoms with Gasteiger partial charge in [0.1, 0.15) is 0 Å². The quantitative estimate of drug-likeness (QED) is 0.318.